The number of amides is 1. The molecule has 2 N–H and O–H groups in total. The van der Waals surface area contributed by atoms with E-state index in [0.29, 0.717) is 12.8 Å². The minimum Gasteiger partial charge on any atom is -0.485 e. The molecule has 0 bridgehead atoms. The molecule has 1 unspecified atom stereocenters. The second kappa shape index (κ2) is 9.96. The van der Waals surface area contributed by atoms with Gasteiger partial charge in [0.1, 0.15) is 22.4 Å². The summed E-state index contributed by atoms with van der Waals surface area (Å²) in [6.07, 6.45) is 0.125. The second-order valence-corrected chi connectivity index (χ2v) is 13.9. The van der Waals surface area contributed by atoms with Crippen LogP contribution in [-0.4, -0.2) is 62.8 Å². The monoisotopic (exact) mass is 577 g/mol. The highest BCUT2D eigenvalue weighted by Crippen LogP contribution is 2.39. The summed E-state index contributed by atoms with van der Waals surface area (Å²) in [5.74, 6) is 0.0871. The van der Waals surface area contributed by atoms with Gasteiger partial charge in [-0.3, -0.25) is 9.62 Å². The number of aromatic nitrogens is 2. The molecule has 1 amide bonds. The first-order valence-corrected chi connectivity index (χ1v) is 14.7. The number of aryl methyl sites for hydroxylation is 1. The van der Waals surface area contributed by atoms with Gasteiger partial charge < -0.3 is 9.47 Å². The summed E-state index contributed by atoms with van der Waals surface area (Å²) < 4.78 is 93.2. The summed E-state index contributed by atoms with van der Waals surface area (Å²) in [4.78, 5) is 11.8. The summed E-state index contributed by atoms with van der Waals surface area (Å²) >= 11 is 0. The molecule has 0 radical (unpaired) electrons. The Kier molecular flexibility index (Phi) is 7.35. The van der Waals surface area contributed by atoms with Crippen molar-refractivity contribution in [2.24, 2.45) is 0 Å². The Bertz CT molecular complexity index is 1430. The van der Waals surface area contributed by atoms with Crippen molar-refractivity contribution in [3.05, 3.63) is 30.1 Å². The Hall–Kier alpha value is -2.98. The van der Waals surface area contributed by atoms with Crippen LogP contribution in [0.5, 0.6) is 5.75 Å². The summed E-state index contributed by atoms with van der Waals surface area (Å²) in [6.45, 7) is 2.73. The van der Waals surface area contributed by atoms with Crippen molar-refractivity contribution in [2.75, 3.05) is 22.7 Å². The topological polar surface area (TPSA) is 149 Å². The van der Waals surface area contributed by atoms with Crippen LogP contribution in [0.25, 0.3) is 0 Å². The maximum Gasteiger partial charge on any atom is 0.412 e. The Labute approximate surface area is 219 Å². The molecule has 210 valence electrons. The summed E-state index contributed by atoms with van der Waals surface area (Å²) in [5, 5.41) is 5.63. The maximum absolute atomic E-state index is 13.7. The number of halogens is 2. The van der Waals surface area contributed by atoms with E-state index in [1.165, 1.54) is 25.1 Å². The molecule has 12 nitrogen and oxygen atoms in total. The lowest BCUT2D eigenvalue weighted by molar-refractivity contribution is 0.0560. The Balaban J connectivity index is 1.68. The number of sulfonamides is 2. The lowest BCUT2D eigenvalue weighted by Crippen LogP contribution is -2.48. The third-order valence-corrected chi connectivity index (χ3v) is 9.45. The molecule has 2 aromatic rings. The van der Waals surface area contributed by atoms with Gasteiger partial charge in [-0.05, 0) is 58.7 Å². The number of hydrogen-bond acceptors (Lipinski definition) is 8. The number of carbonyl (C=O) groups is 1. The van der Waals surface area contributed by atoms with Gasteiger partial charge in [0.2, 0.25) is 10.0 Å². The third-order valence-electron chi connectivity index (χ3n) is 5.65. The standard InChI is InChI=1S/C22H29F2N5O7S2/c1-13-19(12-28(27-13)20(23)24)38(33,34)29-11-15(10-25-37(31,32)16-6-7-16)35-18-8-5-14(9-17(18)29)26-21(30)36-22(2,3)4/h5,8-9,12,15-16,20,25H,6-7,10-11H2,1-4H3,(H,26,30). The van der Waals surface area contributed by atoms with Crippen LogP contribution in [0.2, 0.25) is 0 Å². The molecule has 38 heavy (non-hydrogen) atoms. The van der Waals surface area contributed by atoms with E-state index < -0.39 is 54.5 Å². The molecular formula is C22H29F2N5O7S2. The van der Waals surface area contributed by atoms with Crippen LogP contribution in [0.1, 0.15) is 45.9 Å². The molecule has 2 aliphatic rings. The van der Waals surface area contributed by atoms with E-state index >= 15 is 0 Å². The van der Waals surface area contributed by atoms with Crippen LogP contribution in [0.15, 0.2) is 29.3 Å². The maximum atomic E-state index is 13.7. The average molecular weight is 578 g/mol. The van der Waals surface area contributed by atoms with Crippen molar-refractivity contribution in [1.82, 2.24) is 14.5 Å². The summed E-state index contributed by atoms with van der Waals surface area (Å²) in [7, 11) is -8.04. The van der Waals surface area contributed by atoms with Gasteiger partial charge in [-0.15, -0.1) is 0 Å². The minimum atomic E-state index is -4.47. The number of fused-ring (bicyclic) bond motifs is 1. The number of nitrogens with one attached hydrogen (secondary N) is 2. The van der Waals surface area contributed by atoms with Crippen molar-refractivity contribution in [1.29, 1.82) is 0 Å². The molecule has 16 heteroatoms. The summed E-state index contributed by atoms with van der Waals surface area (Å²) in [5.41, 5.74) is -0.716. The van der Waals surface area contributed by atoms with Crippen LogP contribution in [0.4, 0.5) is 25.0 Å². The molecule has 1 fully saturated rings. The zero-order valence-electron chi connectivity index (χ0n) is 21.1. The van der Waals surface area contributed by atoms with Crippen LogP contribution in [0, 0.1) is 6.92 Å². The number of alkyl halides is 2. The van der Waals surface area contributed by atoms with Gasteiger partial charge in [-0.2, -0.15) is 13.9 Å². The largest absolute Gasteiger partial charge is 0.485 e. The van der Waals surface area contributed by atoms with Crippen LogP contribution < -0.4 is 19.1 Å². The Morgan fingerprint density at radius 1 is 1.24 bits per heavy atom. The molecule has 2 heterocycles. The first-order chi connectivity index (χ1) is 17.6. The van der Waals surface area contributed by atoms with Crippen molar-refractivity contribution in [3.8, 4) is 5.75 Å². The minimum absolute atomic E-state index is 0.0176. The molecule has 4 rings (SSSR count). The van der Waals surface area contributed by atoms with Gasteiger partial charge in [0.15, 0.2) is 0 Å². The van der Waals surface area contributed by atoms with Gasteiger partial charge >= 0.3 is 12.6 Å². The van der Waals surface area contributed by atoms with Crippen LogP contribution in [-0.2, 0) is 24.8 Å². The number of carbonyl (C=O) groups excluding carboxylic acids is 1. The highest BCUT2D eigenvalue weighted by Gasteiger charge is 2.39. The number of nitrogens with zero attached hydrogens (tertiary/aromatic N) is 3. The number of hydrogen-bond donors (Lipinski definition) is 2. The normalized spacial score (nSPS) is 18.2. The molecule has 1 aliphatic carbocycles. The Morgan fingerprint density at radius 2 is 1.92 bits per heavy atom. The van der Waals surface area contributed by atoms with Crippen molar-refractivity contribution < 1.29 is 39.9 Å². The number of benzene rings is 1. The fourth-order valence-electron chi connectivity index (χ4n) is 3.79. The first-order valence-electron chi connectivity index (χ1n) is 11.7. The number of anilines is 2. The molecule has 0 saturated heterocycles. The van der Waals surface area contributed by atoms with E-state index in [2.05, 4.69) is 15.1 Å². The van der Waals surface area contributed by atoms with Gasteiger partial charge in [0, 0.05) is 12.2 Å². The highest BCUT2D eigenvalue weighted by atomic mass is 32.2. The van der Waals surface area contributed by atoms with E-state index in [1.807, 2.05) is 0 Å². The Morgan fingerprint density at radius 3 is 2.50 bits per heavy atom. The van der Waals surface area contributed by atoms with Crippen molar-refractivity contribution in [3.63, 3.8) is 0 Å². The zero-order chi connectivity index (χ0) is 28.0. The molecule has 0 spiro atoms. The molecular weight excluding hydrogens is 548 g/mol. The number of ether oxygens (including phenoxy) is 2. The smallest absolute Gasteiger partial charge is 0.412 e. The van der Waals surface area contributed by atoms with Gasteiger partial charge in [0.25, 0.3) is 10.0 Å². The van der Waals surface area contributed by atoms with Crippen LogP contribution >= 0.6 is 0 Å². The predicted molar refractivity (Wildman–Crippen MR) is 133 cm³/mol. The molecule has 1 aliphatic heterocycles. The second-order valence-electron chi connectivity index (χ2n) is 10.0. The fraction of sp³-hybridized carbons (Fsp3) is 0.545. The van der Waals surface area contributed by atoms with Crippen molar-refractivity contribution in [2.45, 2.75) is 68.9 Å². The zero-order valence-corrected chi connectivity index (χ0v) is 22.8. The first kappa shape index (κ1) is 28.0. The van der Waals surface area contributed by atoms with E-state index in [0.717, 1.165) is 10.5 Å². The SMILES string of the molecule is Cc1nn(C(F)F)cc1S(=O)(=O)N1CC(CNS(=O)(=O)C2CC2)Oc2ccc(NC(=O)OC(C)(C)C)cc21. The molecule has 1 atom stereocenters. The molecule has 1 saturated carbocycles. The van der Waals surface area contributed by atoms with E-state index in [4.69, 9.17) is 9.47 Å². The van der Waals surface area contributed by atoms with Crippen LogP contribution in [0.3, 0.4) is 0 Å². The highest BCUT2D eigenvalue weighted by molar-refractivity contribution is 7.93. The van der Waals surface area contributed by atoms with Crippen molar-refractivity contribution >= 4 is 37.5 Å². The summed E-state index contributed by atoms with van der Waals surface area (Å²) in [6, 6.07) is 4.22. The lowest BCUT2D eigenvalue weighted by Gasteiger charge is -2.35. The average Bonchev–Trinajstić information content (AvgIpc) is 3.58. The van der Waals surface area contributed by atoms with E-state index in [9.17, 15) is 30.4 Å². The van der Waals surface area contributed by atoms with Gasteiger partial charge in [-0.1, -0.05) is 0 Å². The molecule has 1 aromatic heterocycles. The van der Waals surface area contributed by atoms with Gasteiger partial charge in [-0.25, -0.2) is 31.0 Å². The lowest BCUT2D eigenvalue weighted by atomic mass is 10.2. The number of rotatable bonds is 8. The quantitative estimate of drug-likeness (QED) is 0.487. The van der Waals surface area contributed by atoms with E-state index in [-0.39, 0.29) is 40.6 Å². The fourth-order valence-corrected chi connectivity index (χ4v) is 6.85. The van der Waals surface area contributed by atoms with Gasteiger partial charge in [0.05, 0.1) is 29.4 Å². The third kappa shape index (κ3) is 6.18. The predicted octanol–water partition coefficient (Wildman–Crippen LogP) is 2.97. The van der Waals surface area contributed by atoms with E-state index in [1.54, 1.807) is 20.8 Å². The molecule has 1 aromatic carbocycles.